The van der Waals surface area contributed by atoms with Crippen LogP contribution in [0.25, 0.3) is 6.08 Å². The van der Waals surface area contributed by atoms with E-state index in [0.717, 1.165) is 0 Å². The summed E-state index contributed by atoms with van der Waals surface area (Å²) in [5, 5.41) is 0. The fraction of sp³-hybridized carbons (Fsp3) is 0.276. The van der Waals surface area contributed by atoms with Crippen molar-refractivity contribution in [3.63, 3.8) is 0 Å². The zero-order chi connectivity index (χ0) is 29.0. The molecular weight excluding hydrogens is 600 g/mol. The Labute approximate surface area is 243 Å². The number of thiazole rings is 1. The summed E-state index contributed by atoms with van der Waals surface area (Å²) in [5.41, 5.74) is 1.81. The van der Waals surface area contributed by atoms with Crippen molar-refractivity contribution in [2.45, 2.75) is 19.9 Å². The number of halogens is 1. The average molecular weight is 630 g/mol. The van der Waals surface area contributed by atoms with Crippen LogP contribution in [0.3, 0.4) is 0 Å². The number of hydrogen-bond acceptors (Lipinski definition) is 9. The molecule has 11 heteroatoms. The van der Waals surface area contributed by atoms with E-state index in [0.29, 0.717) is 60.2 Å². The van der Waals surface area contributed by atoms with E-state index in [4.69, 9.17) is 23.7 Å². The van der Waals surface area contributed by atoms with Crippen LogP contribution >= 0.6 is 27.3 Å². The Hall–Kier alpha value is -3.83. The first-order chi connectivity index (χ1) is 19.3. The summed E-state index contributed by atoms with van der Waals surface area (Å²) < 4.78 is 30.1. The molecule has 2 heterocycles. The van der Waals surface area contributed by atoms with E-state index in [1.807, 2.05) is 6.07 Å². The number of carbonyl (C=O) groups excluding carboxylic acids is 1. The van der Waals surface area contributed by atoms with Crippen LogP contribution in [-0.2, 0) is 9.53 Å². The molecule has 9 nitrogen and oxygen atoms in total. The van der Waals surface area contributed by atoms with Gasteiger partial charge in [-0.1, -0.05) is 30.1 Å². The first-order valence-corrected chi connectivity index (χ1v) is 13.9. The van der Waals surface area contributed by atoms with Crippen LogP contribution in [0, 0.1) is 0 Å². The minimum atomic E-state index is -0.784. The van der Waals surface area contributed by atoms with Gasteiger partial charge in [-0.2, -0.15) is 0 Å². The standard InChI is InChI=1S/C29H29BrN2O7S/c1-7-11-39-26-19(30)12-17(13-22(26)37-6)14-23-27(33)32-25(18-9-10-20(35-4)21(15-18)36-5)24(28(34)38-8-2)16(3)31-29(32)40-23/h7,9-10,12-15,25H,1,8,11H2,2-6H3/b23-14+. The van der Waals surface area contributed by atoms with Crippen LogP contribution < -0.4 is 33.8 Å². The van der Waals surface area contributed by atoms with Gasteiger partial charge >= 0.3 is 5.97 Å². The lowest BCUT2D eigenvalue weighted by atomic mass is 9.95. The number of nitrogens with zero attached hydrogens (tertiary/aromatic N) is 2. The van der Waals surface area contributed by atoms with Crippen LogP contribution in [0.5, 0.6) is 23.0 Å². The molecule has 1 aliphatic heterocycles. The van der Waals surface area contributed by atoms with Crippen molar-refractivity contribution in [2.75, 3.05) is 34.5 Å². The van der Waals surface area contributed by atoms with Gasteiger partial charge < -0.3 is 23.7 Å². The van der Waals surface area contributed by atoms with Crippen LogP contribution in [-0.4, -0.2) is 45.1 Å². The van der Waals surface area contributed by atoms with Gasteiger partial charge in [0, 0.05) is 0 Å². The molecular formula is C29H29BrN2O7S. The number of ether oxygens (including phenoxy) is 5. The molecule has 1 atom stereocenters. The summed E-state index contributed by atoms with van der Waals surface area (Å²) >= 11 is 4.76. The number of aromatic nitrogens is 1. The molecule has 0 spiro atoms. The summed E-state index contributed by atoms with van der Waals surface area (Å²) in [6.45, 7) is 7.64. The van der Waals surface area contributed by atoms with Crippen molar-refractivity contribution < 1.29 is 28.5 Å². The van der Waals surface area contributed by atoms with Gasteiger partial charge in [-0.05, 0) is 71.2 Å². The molecule has 4 rings (SSSR count). The minimum absolute atomic E-state index is 0.182. The molecule has 0 saturated carbocycles. The first kappa shape index (κ1) is 29.2. The summed E-state index contributed by atoms with van der Waals surface area (Å²) in [6, 6.07) is 8.12. The molecule has 3 aromatic rings. The molecule has 0 N–H and O–H groups in total. The Morgan fingerprint density at radius 1 is 1.12 bits per heavy atom. The minimum Gasteiger partial charge on any atom is -0.493 e. The molecule has 1 unspecified atom stereocenters. The average Bonchev–Trinajstić information content (AvgIpc) is 3.24. The Kier molecular flexibility index (Phi) is 9.16. The summed E-state index contributed by atoms with van der Waals surface area (Å²) in [6.07, 6.45) is 3.39. The quantitative estimate of drug-likeness (QED) is 0.246. The molecule has 0 amide bonds. The number of rotatable bonds is 10. The SMILES string of the molecule is C=CCOc1c(Br)cc(/C=c2/sc3n(c2=O)C(c2ccc(OC)c(OC)c2)C(C(=O)OCC)=C(C)N=3)cc1OC. The molecule has 0 aliphatic carbocycles. The maximum atomic E-state index is 13.9. The van der Waals surface area contributed by atoms with Gasteiger partial charge in [0.1, 0.15) is 6.61 Å². The molecule has 0 saturated heterocycles. The van der Waals surface area contributed by atoms with E-state index in [1.165, 1.54) is 23.0 Å². The Balaban J connectivity index is 1.93. The predicted octanol–water partition coefficient (Wildman–Crippen LogP) is 4.15. The van der Waals surface area contributed by atoms with Gasteiger partial charge in [0.25, 0.3) is 5.56 Å². The predicted molar refractivity (Wildman–Crippen MR) is 156 cm³/mol. The topological polar surface area (TPSA) is 97.6 Å². The van der Waals surface area contributed by atoms with Crippen molar-refractivity contribution in [3.05, 3.63) is 89.5 Å². The Bertz CT molecular complexity index is 1670. The van der Waals surface area contributed by atoms with Crippen LogP contribution in [0.4, 0.5) is 0 Å². The second-order valence-corrected chi connectivity index (χ2v) is 10.4. The fourth-order valence-corrected chi connectivity index (χ4v) is 6.01. The van der Waals surface area contributed by atoms with Crippen molar-refractivity contribution in [1.29, 1.82) is 0 Å². The van der Waals surface area contributed by atoms with Crippen LogP contribution in [0.15, 0.2) is 68.5 Å². The normalized spacial score (nSPS) is 14.8. The lowest BCUT2D eigenvalue weighted by Gasteiger charge is -2.25. The number of allylic oxidation sites excluding steroid dienone is 1. The molecule has 210 valence electrons. The molecule has 1 aliphatic rings. The third kappa shape index (κ3) is 5.57. The number of benzene rings is 2. The van der Waals surface area contributed by atoms with Gasteiger partial charge in [0.2, 0.25) is 0 Å². The highest BCUT2D eigenvalue weighted by atomic mass is 79.9. The molecule has 0 fully saturated rings. The zero-order valence-electron chi connectivity index (χ0n) is 22.8. The lowest BCUT2D eigenvalue weighted by Crippen LogP contribution is -2.40. The monoisotopic (exact) mass is 628 g/mol. The maximum absolute atomic E-state index is 13.9. The highest BCUT2D eigenvalue weighted by Crippen LogP contribution is 2.38. The second-order valence-electron chi connectivity index (χ2n) is 8.55. The van der Waals surface area contributed by atoms with Crippen LogP contribution in [0.2, 0.25) is 0 Å². The van der Waals surface area contributed by atoms with Gasteiger partial charge in [-0.15, -0.1) is 0 Å². The van der Waals surface area contributed by atoms with Crippen molar-refractivity contribution in [2.24, 2.45) is 4.99 Å². The van der Waals surface area contributed by atoms with Gasteiger partial charge in [0.15, 0.2) is 27.8 Å². The Morgan fingerprint density at radius 2 is 1.85 bits per heavy atom. The van der Waals surface area contributed by atoms with Gasteiger partial charge in [0.05, 0.1) is 54.3 Å². The van der Waals surface area contributed by atoms with Crippen LogP contribution in [0.1, 0.15) is 31.0 Å². The fourth-order valence-electron chi connectivity index (χ4n) is 4.39. The number of hydrogen-bond donors (Lipinski definition) is 0. The number of fused-ring (bicyclic) bond motifs is 1. The number of carbonyl (C=O) groups is 1. The smallest absolute Gasteiger partial charge is 0.338 e. The van der Waals surface area contributed by atoms with E-state index < -0.39 is 12.0 Å². The first-order valence-electron chi connectivity index (χ1n) is 12.3. The lowest BCUT2D eigenvalue weighted by molar-refractivity contribution is -0.139. The highest BCUT2D eigenvalue weighted by molar-refractivity contribution is 9.10. The Morgan fingerprint density at radius 3 is 2.50 bits per heavy atom. The molecule has 2 aromatic carbocycles. The molecule has 0 bridgehead atoms. The zero-order valence-corrected chi connectivity index (χ0v) is 25.2. The largest absolute Gasteiger partial charge is 0.493 e. The van der Waals surface area contributed by atoms with Crippen molar-refractivity contribution in [3.8, 4) is 23.0 Å². The maximum Gasteiger partial charge on any atom is 0.338 e. The summed E-state index contributed by atoms with van der Waals surface area (Å²) in [5.74, 6) is 1.48. The summed E-state index contributed by atoms with van der Waals surface area (Å²) in [4.78, 5) is 32.2. The molecule has 0 radical (unpaired) electrons. The third-order valence-electron chi connectivity index (χ3n) is 6.14. The number of esters is 1. The van der Waals surface area contributed by atoms with E-state index in [1.54, 1.807) is 64.5 Å². The summed E-state index contributed by atoms with van der Waals surface area (Å²) in [7, 11) is 4.61. The third-order valence-corrected chi connectivity index (χ3v) is 7.71. The van der Waals surface area contributed by atoms with Gasteiger partial charge in [-0.25, -0.2) is 9.79 Å². The molecule has 40 heavy (non-hydrogen) atoms. The van der Waals surface area contributed by atoms with Crippen molar-refractivity contribution in [1.82, 2.24) is 4.57 Å². The van der Waals surface area contributed by atoms with E-state index in [9.17, 15) is 9.59 Å². The van der Waals surface area contributed by atoms with Crippen molar-refractivity contribution >= 4 is 39.3 Å². The number of methoxy groups -OCH3 is 3. The molecule has 1 aromatic heterocycles. The van der Waals surface area contributed by atoms with Gasteiger partial charge in [-0.3, -0.25) is 9.36 Å². The van der Waals surface area contributed by atoms with E-state index >= 15 is 0 Å². The second kappa shape index (κ2) is 12.6. The van der Waals surface area contributed by atoms with E-state index in [-0.39, 0.29) is 17.7 Å². The highest BCUT2D eigenvalue weighted by Gasteiger charge is 2.34. The van der Waals surface area contributed by atoms with E-state index in [2.05, 4.69) is 27.5 Å².